The zero-order chi connectivity index (χ0) is 15.0. The van der Waals surface area contributed by atoms with Gasteiger partial charge < -0.3 is 14.8 Å². The molecule has 0 bridgehead atoms. The third-order valence-corrected chi connectivity index (χ3v) is 3.34. The van der Waals surface area contributed by atoms with Gasteiger partial charge in [0.1, 0.15) is 11.9 Å². The summed E-state index contributed by atoms with van der Waals surface area (Å²) in [6.07, 6.45) is 1.11. The van der Waals surface area contributed by atoms with E-state index in [1.807, 2.05) is 26.0 Å². The van der Waals surface area contributed by atoms with E-state index in [2.05, 4.69) is 25.2 Å². The monoisotopic (exact) mass is 299 g/mol. The highest BCUT2D eigenvalue weighted by Gasteiger charge is 2.11. The van der Waals surface area contributed by atoms with Crippen molar-refractivity contribution in [3.8, 4) is 5.75 Å². The van der Waals surface area contributed by atoms with Crippen molar-refractivity contribution in [2.45, 2.75) is 46.3 Å². The standard InChI is InChI=1S/C16H26ClNO2/c1-5-9-18-13(4)14-7-8-16(15(17)10-14)20-12(3)11-19-6-2/h7-8,10,12-13,18H,5-6,9,11H2,1-4H3. The lowest BCUT2D eigenvalue weighted by Crippen LogP contribution is -2.20. The number of hydrogen-bond donors (Lipinski definition) is 1. The van der Waals surface area contributed by atoms with Crippen LogP contribution in [0.4, 0.5) is 0 Å². The summed E-state index contributed by atoms with van der Waals surface area (Å²) in [4.78, 5) is 0. The fraction of sp³-hybridized carbons (Fsp3) is 0.625. The first-order valence-electron chi connectivity index (χ1n) is 7.35. The summed E-state index contributed by atoms with van der Waals surface area (Å²) in [7, 11) is 0. The third kappa shape index (κ3) is 5.70. The molecule has 0 saturated heterocycles. The fourth-order valence-corrected chi connectivity index (χ4v) is 2.13. The van der Waals surface area contributed by atoms with Crippen molar-refractivity contribution in [1.82, 2.24) is 5.32 Å². The molecule has 1 rings (SSSR count). The van der Waals surface area contributed by atoms with E-state index in [1.54, 1.807) is 0 Å². The van der Waals surface area contributed by atoms with Gasteiger partial charge in [-0.3, -0.25) is 0 Å². The number of rotatable bonds is 9. The molecule has 0 amide bonds. The highest BCUT2D eigenvalue weighted by atomic mass is 35.5. The fourth-order valence-electron chi connectivity index (χ4n) is 1.90. The van der Waals surface area contributed by atoms with E-state index in [-0.39, 0.29) is 6.10 Å². The molecule has 0 radical (unpaired) electrons. The van der Waals surface area contributed by atoms with Crippen LogP contribution in [-0.4, -0.2) is 25.9 Å². The van der Waals surface area contributed by atoms with Crippen LogP contribution >= 0.6 is 11.6 Å². The first-order chi connectivity index (χ1) is 9.58. The Bertz CT molecular complexity index is 398. The van der Waals surface area contributed by atoms with Crippen LogP contribution in [-0.2, 0) is 4.74 Å². The molecule has 0 saturated carbocycles. The lowest BCUT2D eigenvalue weighted by Gasteiger charge is -2.18. The van der Waals surface area contributed by atoms with Crippen molar-refractivity contribution in [2.24, 2.45) is 0 Å². The van der Waals surface area contributed by atoms with Gasteiger partial charge in [-0.05, 0) is 51.4 Å². The zero-order valence-electron chi connectivity index (χ0n) is 12.9. The normalized spacial score (nSPS) is 14.1. The minimum absolute atomic E-state index is 0.00561. The van der Waals surface area contributed by atoms with Gasteiger partial charge in [-0.25, -0.2) is 0 Å². The van der Waals surface area contributed by atoms with Gasteiger partial charge in [0.2, 0.25) is 0 Å². The van der Waals surface area contributed by atoms with Crippen LogP contribution < -0.4 is 10.1 Å². The summed E-state index contributed by atoms with van der Waals surface area (Å²) in [5.74, 6) is 0.713. The maximum absolute atomic E-state index is 6.29. The Hall–Kier alpha value is -0.770. The molecule has 3 nitrogen and oxygen atoms in total. The minimum atomic E-state index is -0.00561. The Labute approximate surface area is 127 Å². The molecule has 0 aromatic heterocycles. The summed E-state index contributed by atoms with van der Waals surface area (Å²) in [5, 5.41) is 4.09. The average Bonchev–Trinajstić information content (AvgIpc) is 2.44. The van der Waals surface area contributed by atoms with Crippen LogP contribution in [0.15, 0.2) is 18.2 Å². The van der Waals surface area contributed by atoms with Crippen LogP contribution in [0.2, 0.25) is 5.02 Å². The van der Waals surface area contributed by atoms with Crippen LogP contribution in [0.5, 0.6) is 5.75 Å². The van der Waals surface area contributed by atoms with E-state index in [0.29, 0.717) is 30.0 Å². The Balaban J connectivity index is 2.63. The second-order valence-corrected chi connectivity index (χ2v) is 5.36. The Kier molecular flexibility index (Phi) is 7.97. The molecule has 0 aliphatic rings. The molecule has 0 fully saturated rings. The third-order valence-electron chi connectivity index (χ3n) is 3.04. The van der Waals surface area contributed by atoms with Crippen LogP contribution in [0.25, 0.3) is 0 Å². The maximum atomic E-state index is 6.29. The molecule has 0 spiro atoms. The van der Waals surface area contributed by atoms with Crippen LogP contribution in [0, 0.1) is 0 Å². The Morgan fingerprint density at radius 2 is 2.00 bits per heavy atom. The van der Waals surface area contributed by atoms with Crippen molar-refractivity contribution in [3.05, 3.63) is 28.8 Å². The van der Waals surface area contributed by atoms with Gasteiger partial charge in [-0.15, -0.1) is 0 Å². The summed E-state index contributed by atoms with van der Waals surface area (Å²) >= 11 is 6.29. The SMILES string of the molecule is CCCNC(C)c1ccc(OC(C)COCC)c(Cl)c1. The Morgan fingerprint density at radius 3 is 2.60 bits per heavy atom. The molecule has 20 heavy (non-hydrogen) atoms. The predicted octanol–water partition coefficient (Wildman–Crippen LogP) is 4.20. The van der Waals surface area contributed by atoms with Crippen molar-refractivity contribution in [3.63, 3.8) is 0 Å². The van der Waals surface area contributed by atoms with Crippen molar-refractivity contribution in [2.75, 3.05) is 19.8 Å². The number of hydrogen-bond acceptors (Lipinski definition) is 3. The number of nitrogens with one attached hydrogen (secondary N) is 1. The number of halogens is 1. The zero-order valence-corrected chi connectivity index (χ0v) is 13.7. The summed E-state index contributed by atoms with van der Waals surface area (Å²) < 4.78 is 11.1. The minimum Gasteiger partial charge on any atom is -0.487 e. The van der Waals surface area contributed by atoms with Gasteiger partial charge in [0.15, 0.2) is 0 Å². The largest absolute Gasteiger partial charge is 0.487 e. The van der Waals surface area contributed by atoms with Gasteiger partial charge in [0.25, 0.3) is 0 Å². The molecule has 0 aliphatic carbocycles. The molecular weight excluding hydrogens is 274 g/mol. The summed E-state index contributed by atoms with van der Waals surface area (Å²) in [6, 6.07) is 6.26. The van der Waals surface area contributed by atoms with E-state index < -0.39 is 0 Å². The van der Waals surface area contributed by atoms with Crippen molar-refractivity contribution >= 4 is 11.6 Å². The van der Waals surface area contributed by atoms with Crippen LogP contribution in [0.1, 0.15) is 45.7 Å². The van der Waals surface area contributed by atoms with E-state index in [4.69, 9.17) is 21.1 Å². The number of benzene rings is 1. The molecule has 4 heteroatoms. The van der Waals surface area contributed by atoms with E-state index >= 15 is 0 Å². The van der Waals surface area contributed by atoms with E-state index in [1.165, 1.54) is 5.56 Å². The lowest BCUT2D eigenvalue weighted by atomic mass is 10.1. The molecule has 114 valence electrons. The molecule has 2 unspecified atom stereocenters. The molecule has 0 aliphatic heterocycles. The smallest absolute Gasteiger partial charge is 0.138 e. The summed E-state index contributed by atoms with van der Waals surface area (Å²) in [5.41, 5.74) is 1.17. The van der Waals surface area contributed by atoms with Gasteiger partial charge in [-0.1, -0.05) is 24.6 Å². The second kappa shape index (κ2) is 9.22. The molecule has 2 atom stereocenters. The van der Waals surface area contributed by atoms with Gasteiger partial charge in [0, 0.05) is 12.6 Å². The average molecular weight is 300 g/mol. The molecule has 1 aromatic rings. The maximum Gasteiger partial charge on any atom is 0.138 e. The highest BCUT2D eigenvalue weighted by Crippen LogP contribution is 2.28. The second-order valence-electron chi connectivity index (χ2n) is 4.95. The van der Waals surface area contributed by atoms with Crippen molar-refractivity contribution < 1.29 is 9.47 Å². The van der Waals surface area contributed by atoms with Crippen molar-refractivity contribution in [1.29, 1.82) is 0 Å². The Morgan fingerprint density at radius 1 is 1.25 bits per heavy atom. The van der Waals surface area contributed by atoms with E-state index in [9.17, 15) is 0 Å². The predicted molar refractivity (Wildman–Crippen MR) is 84.7 cm³/mol. The molecule has 1 N–H and O–H groups in total. The molecule has 0 heterocycles. The van der Waals surface area contributed by atoms with Gasteiger partial charge in [-0.2, -0.15) is 0 Å². The quantitative estimate of drug-likeness (QED) is 0.741. The molecule has 1 aromatic carbocycles. The molecular formula is C16H26ClNO2. The first-order valence-corrected chi connectivity index (χ1v) is 7.73. The van der Waals surface area contributed by atoms with Crippen LogP contribution in [0.3, 0.4) is 0 Å². The summed E-state index contributed by atoms with van der Waals surface area (Å²) in [6.45, 7) is 10.5. The van der Waals surface area contributed by atoms with Gasteiger partial charge in [0.05, 0.1) is 11.6 Å². The van der Waals surface area contributed by atoms with E-state index in [0.717, 1.165) is 13.0 Å². The number of ether oxygens (including phenoxy) is 2. The first kappa shape index (κ1) is 17.3. The lowest BCUT2D eigenvalue weighted by molar-refractivity contribution is 0.0657. The topological polar surface area (TPSA) is 30.5 Å². The highest BCUT2D eigenvalue weighted by molar-refractivity contribution is 6.32. The van der Waals surface area contributed by atoms with Gasteiger partial charge >= 0.3 is 0 Å².